The molecule has 24 bridgehead atoms. The third-order valence-electron chi connectivity index (χ3n) is 24.4. The molecule has 0 saturated carbocycles. The van der Waals surface area contributed by atoms with Crippen molar-refractivity contribution in [2.24, 2.45) is 20.0 Å². The summed E-state index contributed by atoms with van der Waals surface area (Å²) in [5, 5.41) is 52.5. The molecule has 14 nitrogen and oxygen atoms in total. The van der Waals surface area contributed by atoms with Gasteiger partial charge in [-0.3, -0.25) is 20.0 Å². The van der Waals surface area contributed by atoms with Gasteiger partial charge in [0, 0.05) is 76.2 Å². The van der Waals surface area contributed by atoms with Crippen LogP contribution >= 0.6 is 0 Å². The van der Waals surface area contributed by atoms with Crippen molar-refractivity contribution < 1.29 is 39.4 Å². The summed E-state index contributed by atoms with van der Waals surface area (Å²) in [6.07, 6.45) is 9.99. The number of phenolic OH excluding ortho intramolecular Hbond substituents is 4. The van der Waals surface area contributed by atoms with Crippen LogP contribution in [0.25, 0.3) is 0 Å². The van der Waals surface area contributed by atoms with Crippen LogP contribution in [-0.4, -0.2) is 108 Å². The zero-order chi connectivity index (χ0) is 89.6. The average molecular weight is 1670 g/mol. The standard InChI is InChI=1S/C110H134N6O8/c1-103(2,3)83-47-67-39-75-55-87(107(13,14)15)57-77-41-69-49-84(104(4,5)6)50-70(96(69)118)42-78-58-88(108(16,17)18)56-76(40-68(48-83)95(67)117)100(78)122-36-32-112-64-92-28-26-30-94(116-92)66-114-34-38-124-102-80-44-72-52-85(105(7,8)9)51-71(97(72)119)43-79-59-89(109(19,20)21)61-81(101(79)123-37-33-113-65-93-29-25-27-91(115-93)63-111-31-35-121-99(75)77)45-73-53-86(106(10,11)12)54-74(98(73)120)46-82(102)62-90(60-80)110(22,23)24/h25-30,47-66,117-120H,31-46H2,1-24H3. The first-order chi connectivity index (χ1) is 58.1. The molecule has 4 heterocycles. The van der Waals surface area contributed by atoms with Crippen LogP contribution in [0.3, 0.4) is 0 Å². The van der Waals surface area contributed by atoms with Crippen molar-refractivity contribution in [2.75, 3.05) is 52.6 Å². The molecule has 0 amide bonds. The molecule has 0 radical (unpaired) electrons. The Hall–Kier alpha value is -10.9. The predicted molar refractivity (Wildman–Crippen MR) is 511 cm³/mol. The number of rotatable bonds is 0. The summed E-state index contributed by atoms with van der Waals surface area (Å²) in [6.45, 7) is 55.6. The molecule has 652 valence electrons. The lowest BCUT2D eigenvalue weighted by molar-refractivity contribution is 0.322. The lowest BCUT2D eigenvalue weighted by atomic mass is 9.79. The Labute approximate surface area is 739 Å². The highest BCUT2D eigenvalue weighted by atomic mass is 16.5. The second kappa shape index (κ2) is 35.6. The number of aliphatic imine (C=N–C) groups is 4. The molecular weight excluding hydrogens is 1530 g/mol. The van der Waals surface area contributed by atoms with Crippen molar-refractivity contribution in [2.45, 2.75) is 261 Å². The van der Waals surface area contributed by atoms with E-state index in [-0.39, 0.29) is 92.7 Å². The maximum atomic E-state index is 13.1. The molecule has 2 aliphatic carbocycles. The zero-order valence-electron chi connectivity index (χ0n) is 78.4. The van der Waals surface area contributed by atoms with Gasteiger partial charge in [0.05, 0.1) is 49.0 Å². The Kier molecular flexibility index (Phi) is 26.1. The van der Waals surface area contributed by atoms with E-state index in [1.54, 1.807) is 24.9 Å². The monoisotopic (exact) mass is 1670 g/mol. The fourth-order valence-electron chi connectivity index (χ4n) is 16.7. The van der Waals surface area contributed by atoms with Gasteiger partial charge in [-0.15, -0.1) is 0 Å². The summed E-state index contributed by atoms with van der Waals surface area (Å²) in [4.78, 5) is 29.8. The first-order valence-electron chi connectivity index (χ1n) is 44.6. The lowest BCUT2D eigenvalue weighted by Crippen LogP contribution is -2.17. The molecule has 0 fully saturated rings. The summed E-state index contributed by atoms with van der Waals surface area (Å²) in [5.74, 6) is 3.70. The Morgan fingerprint density at radius 2 is 0.347 bits per heavy atom. The van der Waals surface area contributed by atoms with E-state index in [0.717, 1.165) is 134 Å². The van der Waals surface area contributed by atoms with Gasteiger partial charge < -0.3 is 39.4 Å². The molecule has 0 atom stereocenters. The van der Waals surface area contributed by atoms with Crippen molar-refractivity contribution in [3.63, 3.8) is 0 Å². The number of ether oxygens (including phenoxy) is 4. The second-order valence-corrected chi connectivity index (χ2v) is 43.0. The first kappa shape index (κ1) is 90.9. The quantitative estimate of drug-likeness (QED) is 0.114. The summed E-state index contributed by atoms with van der Waals surface area (Å²) in [5.41, 5.74) is 22.8. The van der Waals surface area contributed by atoms with Gasteiger partial charge in [0.25, 0.3) is 0 Å². The number of hydrogen-bond acceptors (Lipinski definition) is 14. The SMILES string of the molecule is CC(C)(C)c1cc2c(O)c(c1)Cc1cc(C(C)(C)C)cc3c1OCCN=Cc1cccc(n1)C=NCCOc1c4cc(C(C)(C)C)cc1Cc1cc(C(C)(C)C)cc(c1O)Cc1cc(C(C)(C)C)cc(c1OCCN=Cc1cccc(n1)C=NCCOc1c(cc(C(C)(C)C)cc1Cc1cc(C(C)(C)C)cc(c1O)C3)C2)Cc1cc(C(C)(C)C)cc(c1O)C4. The summed E-state index contributed by atoms with van der Waals surface area (Å²) < 4.78 is 28.6. The normalized spacial score (nSPS) is 15.2. The largest absolute Gasteiger partial charge is 0.507 e. The number of benzene rings is 8. The number of phenols is 4. The number of pyridine rings is 2. The van der Waals surface area contributed by atoms with E-state index >= 15 is 0 Å². The zero-order valence-corrected chi connectivity index (χ0v) is 78.4. The molecule has 2 aliphatic heterocycles. The molecule has 8 aromatic carbocycles. The highest BCUT2D eigenvalue weighted by Gasteiger charge is 2.33. The fourth-order valence-corrected chi connectivity index (χ4v) is 16.7. The molecule has 124 heavy (non-hydrogen) atoms. The van der Waals surface area contributed by atoms with Crippen LogP contribution in [0.1, 0.15) is 322 Å². The Morgan fingerprint density at radius 3 is 0.484 bits per heavy atom. The predicted octanol–water partition coefficient (Wildman–Crippen LogP) is 23.3. The van der Waals surface area contributed by atoms with Gasteiger partial charge >= 0.3 is 0 Å². The minimum Gasteiger partial charge on any atom is -0.507 e. The summed E-state index contributed by atoms with van der Waals surface area (Å²) in [6, 6.07) is 47.0. The molecule has 14 rings (SSSR count). The van der Waals surface area contributed by atoms with Crippen LogP contribution in [0.5, 0.6) is 46.0 Å². The van der Waals surface area contributed by atoms with Crippen LogP contribution in [0.2, 0.25) is 0 Å². The second-order valence-electron chi connectivity index (χ2n) is 43.0. The molecule has 10 aromatic rings. The number of hydrogen-bond donors (Lipinski definition) is 4. The number of aromatic nitrogens is 2. The van der Waals surface area contributed by atoms with Gasteiger partial charge in [0.1, 0.15) is 72.4 Å². The van der Waals surface area contributed by atoms with Gasteiger partial charge in [-0.05, 0) is 201 Å². The van der Waals surface area contributed by atoms with Crippen LogP contribution in [0.4, 0.5) is 0 Å². The minimum absolute atomic E-state index is 0.226. The highest BCUT2D eigenvalue weighted by Crippen LogP contribution is 2.48. The van der Waals surface area contributed by atoms with E-state index in [1.807, 2.05) is 36.4 Å². The van der Waals surface area contributed by atoms with E-state index < -0.39 is 0 Å². The van der Waals surface area contributed by atoms with Gasteiger partial charge in [-0.25, -0.2) is 9.97 Å². The van der Waals surface area contributed by atoms with Crippen molar-refractivity contribution >= 4 is 24.9 Å². The van der Waals surface area contributed by atoms with Gasteiger partial charge in [-0.2, -0.15) is 0 Å². The molecule has 0 unspecified atom stereocenters. The molecule has 4 N–H and O–H groups in total. The van der Waals surface area contributed by atoms with Crippen molar-refractivity contribution in [3.8, 4) is 46.0 Å². The van der Waals surface area contributed by atoms with Gasteiger partial charge in [0.15, 0.2) is 0 Å². The van der Waals surface area contributed by atoms with Crippen LogP contribution < -0.4 is 18.9 Å². The highest BCUT2D eigenvalue weighted by molar-refractivity contribution is 5.83. The third kappa shape index (κ3) is 21.7. The summed E-state index contributed by atoms with van der Waals surface area (Å²) >= 11 is 0. The molecular formula is C110H134N6O8. The summed E-state index contributed by atoms with van der Waals surface area (Å²) in [7, 11) is 0. The minimum atomic E-state index is -0.293. The maximum Gasteiger partial charge on any atom is 0.126 e. The van der Waals surface area contributed by atoms with E-state index in [1.165, 1.54) is 0 Å². The molecule has 0 saturated heterocycles. The molecule has 0 spiro atoms. The van der Waals surface area contributed by atoms with Gasteiger partial charge in [-0.1, -0.05) is 275 Å². The number of nitrogens with zero attached hydrogens (tertiary/aromatic N) is 6. The number of fused-ring (bicyclic) bond motifs is 14. The smallest absolute Gasteiger partial charge is 0.126 e. The van der Waals surface area contributed by atoms with Crippen LogP contribution in [0, 0.1) is 0 Å². The Balaban J connectivity index is 0.945. The van der Waals surface area contributed by atoms with Crippen molar-refractivity contribution in [3.05, 3.63) is 290 Å². The van der Waals surface area contributed by atoms with E-state index in [9.17, 15) is 20.4 Å². The Morgan fingerprint density at radius 1 is 0.210 bits per heavy atom. The first-order valence-corrected chi connectivity index (χ1v) is 44.6. The van der Waals surface area contributed by atoms with Gasteiger partial charge in [0.2, 0.25) is 0 Å². The third-order valence-corrected chi connectivity index (χ3v) is 24.4. The van der Waals surface area contributed by atoms with E-state index in [2.05, 4.69) is 263 Å². The van der Waals surface area contributed by atoms with E-state index in [0.29, 0.717) is 123 Å². The van der Waals surface area contributed by atoms with Crippen molar-refractivity contribution in [1.29, 1.82) is 0 Å². The van der Waals surface area contributed by atoms with Crippen LogP contribution in [-0.2, 0) is 94.7 Å². The fraction of sp³-hybridized carbons (Fsp3) is 0.436. The van der Waals surface area contributed by atoms with Crippen LogP contribution in [0.15, 0.2) is 153 Å². The lowest BCUT2D eigenvalue weighted by Gasteiger charge is -2.28. The van der Waals surface area contributed by atoms with E-state index in [4.69, 9.17) is 48.9 Å². The molecule has 14 heteroatoms. The Bertz CT molecular complexity index is 4890. The molecule has 2 aromatic heterocycles. The average Bonchev–Trinajstić information content (AvgIpc) is 0.769. The topological polar surface area (TPSA) is 193 Å². The molecule has 4 aliphatic rings. The number of aromatic hydroxyl groups is 4. The van der Waals surface area contributed by atoms with Crippen molar-refractivity contribution in [1.82, 2.24) is 9.97 Å². The maximum absolute atomic E-state index is 13.1.